The van der Waals surface area contributed by atoms with Crippen molar-refractivity contribution in [3.05, 3.63) is 23.5 Å². The summed E-state index contributed by atoms with van der Waals surface area (Å²) in [5.74, 6) is -1.42. The maximum absolute atomic E-state index is 12.7. The van der Waals surface area contributed by atoms with Gasteiger partial charge in [0.15, 0.2) is 0 Å². The number of rotatable bonds is 0. The third kappa shape index (κ3) is 1.66. The van der Waals surface area contributed by atoms with E-state index in [2.05, 4.69) is 0 Å². The van der Waals surface area contributed by atoms with Crippen LogP contribution in [-0.4, -0.2) is 0 Å². The van der Waals surface area contributed by atoms with Crippen molar-refractivity contribution in [1.29, 1.82) is 0 Å². The quantitative estimate of drug-likeness (QED) is 0.490. The van der Waals surface area contributed by atoms with Gasteiger partial charge in [-0.1, -0.05) is 0 Å². The Labute approximate surface area is 71.1 Å². The van der Waals surface area contributed by atoms with E-state index < -0.39 is 23.2 Å². The van der Waals surface area contributed by atoms with Gasteiger partial charge in [-0.25, -0.2) is 4.39 Å². The first-order valence-corrected chi connectivity index (χ1v) is 3.24. The Kier molecular flexibility index (Phi) is 2.07. The van der Waals surface area contributed by atoms with Crippen molar-refractivity contribution >= 4 is 11.4 Å². The lowest BCUT2D eigenvalue weighted by molar-refractivity contribution is -0.139. The van der Waals surface area contributed by atoms with E-state index in [4.69, 9.17) is 11.5 Å². The monoisotopic (exact) mass is 194 g/mol. The molecule has 1 aromatic rings. The number of halogens is 4. The number of nitrogens with two attached hydrogens (primary N) is 2. The van der Waals surface area contributed by atoms with Gasteiger partial charge in [0.25, 0.3) is 0 Å². The molecule has 0 aliphatic heterocycles. The fourth-order valence-electron chi connectivity index (χ4n) is 0.897. The molecule has 72 valence electrons. The van der Waals surface area contributed by atoms with Gasteiger partial charge in [-0.3, -0.25) is 0 Å². The number of hydrogen-bond donors (Lipinski definition) is 2. The van der Waals surface area contributed by atoms with E-state index in [-0.39, 0.29) is 5.69 Å². The van der Waals surface area contributed by atoms with E-state index in [1.165, 1.54) is 0 Å². The van der Waals surface area contributed by atoms with E-state index in [1.807, 2.05) is 0 Å². The minimum absolute atomic E-state index is 0.284. The second-order valence-corrected chi connectivity index (χ2v) is 2.42. The molecule has 0 aromatic heterocycles. The van der Waals surface area contributed by atoms with Crippen molar-refractivity contribution < 1.29 is 17.6 Å². The molecule has 0 heterocycles. The SMILES string of the molecule is Nc1ccc(F)c(C(F)(F)F)c1N. The number of hydrogen-bond acceptors (Lipinski definition) is 2. The molecule has 0 amide bonds. The van der Waals surface area contributed by atoms with Crippen molar-refractivity contribution in [2.75, 3.05) is 11.5 Å². The van der Waals surface area contributed by atoms with Gasteiger partial charge < -0.3 is 11.5 Å². The standard InChI is InChI=1S/C7H6F4N2/c8-3-1-2-4(12)6(13)5(3)7(9,10)11/h1-2H,12-13H2. The highest BCUT2D eigenvalue weighted by Gasteiger charge is 2.37. The van der Waals surface area contributed by atoms with Crippen LogP contribution >= 0.6 is 0 Å². The highest BCUT2D eigenvalue weighted by molar-refractivity contribution is 5.68. The Morgan fingerprint density at radius 1 is 1.08 bits per heavy atom. The van der Waals surface area contributed by atoms with Gasteiger partial charge in [0.05, 0.1) is 11.4 Å². The van der Waals surface area contributed by atoms with E-state index in [0.717, 1.165) is 6.07 Å². The van der Waals surface area contributed by atoms with Crippen molar-refractivity contribution in [3.8, 4) is 0 Å². The molecule has 0 atom stereocenters. The normalized spacial score (nSPS) is 11.7. The van der Waals surface area contributed by atoms with Gasteiger partial charge >= 0.3 is 6.18 Å². The molecule has 0 fully saturated rings. The van der Waals surface area contributed by atoms with Gasteiger partial charge in [-0.2, -0.15) is 13.2 Å². The van der Waals surface area contributed by atoms with Crippen LogP contribution < -0.4 is 11.5 Å². The van der Waals surface area contributed by atoms with Crippen LogP contribution in [0.15, 0.2) is 12.1 Å². The Bertz CT molecular complexity index is 332. The van der Waals surface area contributed by atoms with Gasteiger partial charge in [0, 0.05) is 0 Å². The Balaban J connectivity index is 3.43. The van der Waals surface area contributed by atoms with E-state index in [0.29, 0.717) is 6.07 Å². The van der Waals surface area contributed by atoms with Crippen molar-refractivity contribution in [2.45, 2.75) is 6.18 Å². The molecule has 4 N–H and O–H groups in total. The third-order valence-electron chi connectivity index (χ3n) is 1.51. The minimum atomic E-state index is -4.82. The lowest BCUT2D eigenvalue weighted by atomic mass is 10.1. The van der Waals surface area contributed by atoms with Crippen LogP contribution in [0.3, 0.4) is 0 Å². The fourth-order valence-corrected chi connectivity index (χ4v) is 0.897. The van der Waals surface area contributed by atoms with E-state index in [1.54, 1.807) is 0 Å². The molecule has 0 aliphatic rings. The maximum atomic E-state index is 12.7. The molecule has 0 radical (unpaired) electrons. The molecule has 1 rings (SSSR count). The second-order valence-electron chi connectivity index (χ2n) is 2.42. The maximum Gasteiger partial charge on any atom is 0.421 e. The smallest absolute Gasteiger partial charge is 0.397 e. The Morgan fingerprint density at radius 2 is 1.62 bits per heavy atom. The number of anilines is 2. The third-order valence-corrected chi connectivity index (χ3v) is 1.51. The zero-order valence-electron chi connectivity index (χ0n) is 6.32. The van der Waals surface area contributed by atoms with Crippen molar-refractivity contribution in [3.63, 3.8) is 0 Å². The Hall–Kier alpha value is -1.46. The van der Waals surface area contributed by atoms with Crippen LogP contribution in [0, 0.1) is 5.82 Å². The predicted octanol–water partition coefficient (Wildman–Crippen LogP) is 2.01. The van der Waals surface area contributed by atoms with Crippen LogP contribution in [-0.2, 0) is 6.18 Å². The highest BCUT2D eigenvalue weighted by atomic mass is 19.4. The van der Waals surface area contributed by atoms with Gasteiger partial charge in [0.2, 0.25) is 0 Å². The molecule has 13 heavy (non-hydrogen) atoms. The van der Waals surface area contributed by atoms with Crippen molar-refractivity contribution in [2.24, 2.45) is 0 Å². The minimum Gasteiger partial charge on any atom is -0.397 e. The molecule has 0 bridgehead atoms. The van der Waals surface area contributed by atoms with Crippen LogP contribution in [0.4, 0.5) is 28.9 Å². The summed E-state index contributed by atoms with van der Waals surface area (Å²) >= 11 is 0. The van der Waals surface area contributed by atoms with Crippen LogP contribution in [0.1, 0.15) is 5.56 Å². The lowest BCUT2D eigenvalue weighted by Gasteiger charge is -2.12. The average Bonchev–Trinajstić information content (AvgIpc) is 1.95. The average molecular weight is 194 g/mol. The summed E-state index contributed by atoms with van der Waals surface area (Å²) in [4.78, 5) is 0. The van der Waals surface area contributed by atoms with Gasteiger partial charge in [-0.05, 0) is 12.1 Å². The molecule has 0 aliphatic carbocycles. The van der Waals surface area contributed by atoms with Gasteiger partial charge in [-0.15, -0.1) is 0 Å². The molecule has 0 spiro atoms. The molecule has 0 saturated heterocycles. The highest BCUT2D eigenvalue weighted by Crippen LogP contribution is 2.37. The first-order chi connectivity index (χ1) is 5.84. The van der Waals surface area contributed by atoms with Gasteiger partial charge in [0.1, 0.15) is 11.4 Å². The van der Waals surface area contributed by atoms with E-state index in [9.17, 15) is 17.6 Å². The summed E-state index contributed by atoms with van der Waals surface area (Å²) in [7, 11) is 0. The topological polar surface area (TPSA) is 52.0 Å². The van der Waals surface area contributed by atoms with Crippen LogP contribution in [0.25, 0.3) is 0 Å². The van der Waals surface area contributed by atoms with Crippen LogP contribution in [0.5, 0.6) is 0 Å². The summed E-state index contributed by atoms with van der Waals surface area (Å²) in [6, 6.07) is 1.62. The lowest BCUT2D eigenvalue weighted by Crippen LogP contribution is -2.13. The molecular weight excluding hydrogens is 188 g/mol. The fraction of sp³-hybridized carbons (Fsp3) is 0.143. The number of nitrogen functional groups attached to an aromatic ring is 2. The number of benzene rings is 1. The summed E-state index contributed by atoms with van der Waals surface area (Å²) in [5, 5.41) is 0. The summed E-state index contributed by atoms with van der Waals surface area (Å²) in [6.45, 7) is 0. The van der Waals surface area contributed by atoms with E-state index >= 15 is 0 Å². The van der Waals surface area contributed by atoms with Crippen molar-refractivity contribution in [1.82, 2.24) is 0 Å². The second kappa shape index (κ2) is 2.79. The molecule has 2 nitrogen and oxygen atoms in total. The first-order valence-electron chi connectivity index (χ1n) is 3.24. The molecule has 0 unspecified atom stereocenters. The molecular formula is C7H6F4N2. The summed E-state index contributed by atoms with van der Waals surface area (Å²) < 4.78 is 49.0. The predicted molar refractivity (Wildman–Crippen MR) is 40.2 cm³/mol. The first kappa shape index (κ1) is 9.63. The summed E-state index contributed by atoms with van der Waals surface area (Å²) in [6.07, 6.45) is -4.82. The zero-order valence-corrected chi connectivity index (χ0v) is 6.32. The molecule has 1 aromatic carbocycles. The Morgan fingerprint density at radius 3 is 2.00 bits per heavy atom. The van der Waals surface area contributed by atoms with Crippen LogP contribution in [0.2, 0.25) is 0 Å². The summed E-state index contributed by atoms with van der Waals surface area (Å²) in [5.41, 5.74) is 7.52. The number of alkyl halides is 3. The largest absolute Gasteiger partial charge is 0.421 e. The molecule has 6 heteroatoms. The zero-order chi connectivity index (χ0) is 10.2. The molecule has 0 saturated carbocycles.